The summed E-state index contributed by atoms with van der Waals surface area (Å²) in [5.74, 6) is 0. The van der Waals surface area contributed by atoms with Crippen molar-refractivity contribution in [1.29, 1.82) is 0 Å². The maximum Gasteiger partial charge on any atom is 0.416 e. The molecule has 0 saturated carbocycles. The predicted molar refractivity (Wildman–Crippen MR) is 57.5 cm³/mol. The van der Waals surface area contributed by atoms with Gasteiger partial charge in [-0.3, -0.25) is 0 Å². The van der Waals surface area contributed by atoms with Gasteiger partial charge in [-0.15, -0.1) is 0 Å². The Hall–Kier alpha value is -1.25. The van der Waals surface area contributed by atoms with E-state index >= 15 is 0 Å². The molecule has 0 bridgehead atoms. The van der Waals surface area contributed by atoms with Crippen LogP contribution in [0.5, 0.6) is 0 Å². The minimum atomic E-state index is -4.24. The van der Waals surface area contributed by atoms with Gasteiger partial charge in [-0.05, 0) is 24.6 Å². The highest BCUT2D eigenvalue weighted by molar-refractivity contribution is 5.49. The molecule has 0 amide bonds. The number of hydrogen-bond donors (Lipinski definition) is 0. The average Bonchev–Trinajstić information content (AvgIpc) is 2.21. The molecule has 1 aromatic rings. The Morgan fingerprint density at radius 3 is 1.80 bits per heavy atom. The van der Waals surface area contributed by atoms with Crippen molar-refractivity contribution in [2.45, 2.75) is 26.9 Å². The van der Waals surface area contributed by atoms with Gasteiger partial charge in [0.1, 0.15) is 0 Å². The van der Waals surface area contributed by atoms with Gasteiger partial charge in [-0.1, -0.05) is 38.1 Å². The molecule has 0 saturated heterocycles. The van der Waals surface area contributed by atoms with E-state index in [9.17, 15) is 13.2 Å². The Labute approximate surface area is 88.4 Å². The molecular formula is C12H15F3. The van der Waals surface area contributed by atoms with Crippen LogP contribution < -0.4 is 0 Å². The number of hydrogen-bond acceptors (Lipinski definition) is 0. The van der Waals surface area contributed by atoms with E-state index in [0.717, 1.165) is 17.7 Å². The monoisotopic (exact) mass is 216 g/mol. The first-order valence-corrected chi connectivity index (χ1v) is 4.84. The molecule has 0 N–H and O–H groups in total. The standard InChI is InChI=1S/C10H9F3.C2H6/c1-2-3-8-4-6-9(7-5-8)10(11,12)13;1-2/h2-7H,1H3;1-2H3. The van der Waals surface area contributed by atoms with E-state index in [0.29, 0.717) is 0 Å². The minimum Gasteiger partial charge on any atom is -0.166 e. The van der Waals surface area contributed by atoms with Crippen LogP contribution in [-0.2, 0) is 6.18 Å². The lowest BCUT2D eigenvalue weighted by molar-refractivity contribution is -0.137. The van der Waals surface area contributed by atoms with E-state index in [1.165, 1.54) is 12.1 Å². The Morgan fingerprint density at radius 1 is 1.00 bits per heavy atom. The van der Waals surface area contributed by atoms with Gasteiger partial charge in [-0.2, -0.15) is 13.2 Å². The summed E-state index contributed by atoms with van der Waals surface area (Å²) in [4.78, 5) is 0. The molecule has 0 aliphatic rings. The van der Waals surface area contributed by atoms with Crippen molar-refractivity contribution in [3.05, 3.63) is 41.5 Å². The van der Waals surface area contributed by atoms with Crippen LogP contribution in [0.4, 0.5) is 13.2 Å². The van der Waals surface area contributed by atoms with E-state index in [1.807, 2.05) is 20.8 Å². The smallest absolute Gasteiger partial charge is 0.166 e. The first-order valence-electron chi connectivity index (χ1n) is 4.84. The fourth-order valence-electron chi connectivity index (χ4n) is 0.976. The van der Waals surface area contributed by atoms with Gasteiger partial charge >= 0.3 is 6.18 Å². The van der Waals surface area contributed by atoms with Gasteiger partial charge in [-0.25, -0.2) is 0 Å². The summed E-state index contributed by atoms with van der Waals surface area (Å²) in [5.41, 5.74) is 0.163. The second-order valence-electron chi connectivity index (χ2n) is 2.62. The highest BCUT2D eigenvalue weighted by atomic mass is 19.4. The van der Waals surface area contributed by atoms with Gasteiger partial charge in [0, 0.05) is 0 Å². The Morgan fingerprint density at radius 2 is 1.47 bits per heavy atom. The van der Waals surface area contributed by atoms with Gasteiger partial charge in [0.25, 0.3) is 0 Å². The van der Waals surface area contributed by atoms with Gasteiger partial charge in [0.2, 0.25) is 0 Å². The number of allylic oxidation sites excluding steroid dienone is 1. The molecule has 0 radical (unpaired) electrons. The molecule has 0 unspecified atom stereocenters. The molecule has 0 aliphatic carbocycles. The maximum atomic E-state index is 12.1. The zero-order valence-electron chi connectivity index (χ0n) is 9.10. The van der Waals surface area contributed by atoms with Crippen LogP contribution in [0.2, 0.25) is 0 Å². The molecule has 0 aromatic heterocycles. The molecular weight excluding hydrogens is 201 g/mol. The van der Waals surface area contributed by atoms with Crippen LogP contribution in [0.1, 0.15) is 31.9 Å². The van der Waals surface area contributed by atoms with Gasteiger partial charge in [0.05, 0.1) is 5.56 Å². The van der Waals surface area contributed by atoms with Crippen molar-refractivity contribution in [2.75, 3.05) is 0 Å². The van der Waals surface area contributed by atoms with Crippen LogP contribution in [0.25, 0.3) is 6.08 Å². The summed E-state index contributed by atoms with van der Waals surface area (Å²) in [6, 6.07) is 5.05. The van der Waals surface area contributed by atoms with Gasteiger partial charge in [0.15, 0.2) is 0 Å². The highest BCUT2D eigenvalue weighted by Gasteiger charge is 2.29. The molecule has 1 aromatic carbocycles. The quantitative estimate of drug-likeness (QED) is 0.634. The Kier molecular flexibility index (Phi) is 5.75. The second kappa shape index (κ2) is 6.27. The first kappa shape index (κ1) is 13.8. The van der Waals surface area contributed by atoms with Crippen molar-refractivity contribution < 1.29 is 13.2 Å². The number of rotatable bonds is 1. The molecule has 84 valence electrons. The van der Waals surface area contributed by atoms with E-state index in [1.54, 1.807) is 12.2 Å². The third-order valence-electron chi connectivity index (χ3n) is 1.60. The summed E-state index contributed by atoms with van der Waals surface area (Å²) in [6.07, 6.45) is -0.711. The van der Waals surface area contributed by atoms with Crippen LogP contribution >= 0.6 is 0 Å². The number of halogens is 3. The molecule has 0 aliphatic heterocycles. The lowest BCUT2D eigenvalue weighted by Crippen LogP contribution is -2.03. The van der Waals surface area contributed by atoms with E-state index < -0.39 is 11.7 Å². The van der Waals surface area contributed by atoms with E-state index in [-0.39, 0.29) is 0 Å². The summed E-state index contributed by atoms with van der Waals surface area (Å²) in [6.45, 7) is 5.82. The number of alkyl halides is 3. The lowest BCUT2D eigenvalue weighted by atomic mass is 10.1. The predicted octanol–water partition coefficient (Wildman–Crippen LogP) is 4.76. The Bertz CT molecular complexity index is 294. The zero-order valence-corrected chi connectivity index (χ0v) is 9.10. The molecule has 0 nitrogen and oxygen atoms in total. The van der Waals surface area contributed by atoms with Gasteiger partial charge < -0.3 is 0 Å². The molecule has 0 heterocycles. The topological polar surface area (TPSA) is 0 Å². The molecule has 0 atom stereocenters. The number of benzene rings is 1. The fourth-order valence-corrected chi connectivity index (χ4v) is 0.976. The van der Waals surface area contributed by atoms with Crippen molar-refractivity contribution in [3.63, 3.8) is 0 Å². The zero-order chi connectivity index (χ0) is 11.9. The average molecular weight is 216 g/mol. The normalized spacial score (nSPS) is 11.1. The van der Waals surface area contributed by atoms with Crippen molar-refractivity contribution >= 4 is 6.08 Å². The third kappa shape index (κ3) is 4.68. The van der Waals surface area contributed by atoms with E-state index in [2.05, 4.69) is 0 Å². The van der Waals surface area contributed by atoms with Crippen LogP contribution in [0, 0.1) is 0 Å². The SMILES string of the molecule is CC.CC=Cc1ccc(C(F)(F)F)cc1. The highest BCUT2D eigenvalue weighted by Crippen LogP contribution is 2.29. The molecule has 15 heavy (non-hydrogen) atoms. The first-order chi connectivity index (χ1) is 7.04. The minimum absolute atomic E-state index is 0.610. The summed E-state index contributed by atoms with van der Waals surface area (Å²) >= 11 is 0. The molecule has 0 fully saturated rings. The van der Waals surface area contributed by atoms with E-state index in [4.69, 9.17) is 0 Å². The second-order valence-corrected chi connectivity index (χ2v) is 2.62. The van der Waals surface area contributed by atoms with Crippen molar-refractivity contribution in [3.8, 4) is 0 Å². The summed E-state index contributed by atoms with van der Waals surface area (Å²) in [5, 5.41) is 0. The lowest BCUT2D eigenvalue weighted by Gasteiger charge is -2.05. The molecule has 1 rings (SSSR count). The van der Waals surface area contributed by atoms with Crippen molar-refractivity contribution in [2.24, 2.45) is 0 Å². The molecule has 3 heteroatoms. The summed E-state index contributed by atoms with van der Waals surface area (Å²) < 4.78 is 36.3. The summed E-state index contributed by atoms with van der Waals surface area (Å²) in [7, 11) is 0. The van der Waals surface area contributed by atoms with Crippen LogP contribution in [-0.4, -0.2) is 0 Å². The molecule has 0 spiro atoms. The van der Waals surface area contributed by atoms with Crippen LogP contribution in [0.15, 0.2) is 30.3 Å². The maximum absolute atomic E-state index is 12.1. The largest absolute Gasteiger partial charge is 0.416 e. The Balaban J connectivity index is 0.000000921. The van der Waals surface area contributed by atoms with Crippen molar-refractivity contribution in [1.82, 2.24) is 0 Å². The third-order valence-corrected chi connectivity index (χ3v) is 1.60. The van der Waals surface area contributed by atoms with Crippen LogP contribution in [0.3, 0.4) is 0 Å². The fraction of sp³-hybridized carbons (Fsp3) is 0.333.